The van der Waals surface area contributed by atoms with Gasteiger partial charge in [-0.1, -0.05) is 25.1 Å². The summed E-state index contributed by atoms with van der Waals surface area (Å²) in [5.41, 5.74) is 2.73. The van der Waals surface area contributed by atoms with Gasteiger partial charge in [0.2, 0.25) is 0 Å². The van der Waals surface area contributed by atoms with Crippen LogP contribution in [0.2, 0.25) is 0 Å². The number of carbonyl (C=O) groups is 1. The number of benzene rings is 1. The highest BCUT2D eigenvalue weighted by Gasteiger charge is 2.31. The zero-order valence-electron chi connectivity index (χ0n) is 15.6. The van der Waals surface area contributed by atoms with Gasteiger partial charge >= 0.3 is 0 Å². The smallest absolute Gasteiger partial charge is 0.137 e. The number of rotatable bonds is 4. The average Bonchev–Trinajstić information content (AvgIpc) is 3.12. The topological polar surface area (TPSA) is 39.3 Å². The Bertz CT molecular complexity index is 736. The molecule has 2 aromatic rings. The van der Waals surface area contributed by atoms with Gasteiger partial charge in [0.1, 0.15) is 5.78 Å². The number of hydrazine groups is 1. The summed E-state index contributed by atoms with van der Waals surface area (Å²) in [6, 6.07) is 8.62. The van der Waals surface area contributed by atoms with Crippen molar-refractivity contribution < 1.29 is 4.79 Å². The van der Waals surface area contributed by atoms with E-state index in [2.05, 4.69) is 45.5 Å². The van der Waals surface area contributed by atoms with Crippen molar-refractivity contribution in [1.29, 1.82) is 0 Å². The van der Waals surface area contributed by atoms with Crippen LogP contribution in [0.15, 0.2) is 30.5 Å². The van der Waals surface area contributed by atoms with Gasteiger partial charge in [-0.25, -0.2) is 10.0 Å². The minimum atomic E-state index is 0. The molecule has 2 saturated heterocycles. The highest BCUT2D eigenvalue weighted by Crippen LogP contribution is 2.34. The summed E-state index contributed by atoms with van der Waals surface area (Å²) in [6.45, 7) is 6.26. The van der Waals surface area contributed by atoms with Gasteiger partial charge in [-0.2, -0.15) is 0 Å². The van der Waals surface area contributed by atoms with E-state index in [1.54, 1.807) is 0 Å². The molecule has 4 rings (SSSR count). The van der Waals surface area contributed by atoms with Crippen LogP contribution in [0.4, 0.5) is 0 Å². The molecule has 1 aromatic heterocycles. The molecular weight excluding hydrogens is 346 g/mol. The van der Waals surface area contributed by atoms with Gasteiger partial charge in [-0.3, -0.25) is 4.79 Å². The number of fused-ring (bicyclic) bond motifs is 1. The van der Waals surface area contributed by atoms with E-state index in [1.165, 1.54) is 29.3 Å². The van der Waals surface area contributed by atoms with Crippen molar-refractivity contribution in [3.8, 4) is 0 Å². The lowest BCUT2D eigenvalue weighted by Crippen LogP contribution is -2.51. The average molecular weight is 376 g/mol. The molecule has 5 heteroatoms. The molecule has 0 spiro atoms. The van der Waals surface area contributed by atoms with Crippen molar-refractivity contribution in [2.45, 2.75) is 44.9 Å². The molecule has 0 bridgehead atoms. The second kappa shape index (κ2) is 8.55. The number of piperidine rings is 2. The molecule has 4 nitrogen and oxygen atoms in total. The summed E-state index contributed by atoms with van der Waals surface area (Å²) in [7, 11) is 0. The van der Waals surface area contributed by atoms with E-state index in [-0.39, 0.29) is 18.3 Å². The number of H-pyrrole nitrogens is 1. The maximum Gasteiger partial charge on any atom is 0.137 e. The summed E-state index contributed by atoms with van der Waals surface area (Å²) in [5, 5.41) is 6.36. The van der Waals surface area contributed by atoms with E-state index in [1.807, 2.05) is 6.92 Å². The molecule has 3 heterocycles. The summed E-state index contributed by atoms with van der Waals surface area (Å²) in [5.74, 6) is 1.34. The largest absolute Gasteiger partial charge is 0.361 e. The van der Waals surface area contributed by atoms with Crippen LogP contribution in [0.1, 0.15) is 50.5 Å². The van der Waals surface area contributed by atoms with Crippen LogP contribution >= 0.6 is 12.4 Å². The predicted octanol–water partition coefficient (Wildman–Crippen LogP) is 4.38. The molecule has 1 aromatic carbocycles. The first-order valence-electron chi connectivity index (χ1n) is 9.84. The van der Waals surface area contributed by atoms with E-state index >= 15 is 0 Å². The van der Waals surface area contributed by atoms with E-state index in [4.69, 9.17) is 0 Å². The first-order valence-corrected chi connectivity index (χ1v) is 9.84. The maximum absolute atomic E-state index is 12.1. The lowest BCUT2D eigenvalue weighted by Gasteiger charge is -2.43. The number of hydrogen-bond donors (Lipinski definition) is 1. The zero-order valence-corrected chi connectivity index (χ0v) is 16.4. The molecule has 0 amide bonds. The number of halogens is 1. The second-order valence-corrected chi connectivity index (χ2v) is 7.59. The van der Waals surface area contributed by atoms with Crippen LogP contribution in [0, 0.1) is 5.92 Å². The number of hydrogen-bond acceptors (Lipinski definition) is 3. The molecule has 0 saturated carbocycles. The Balaban J connectivity index is 0.00000196. The van der Waals surface area contributed by atoms with Crippen LogP contribution in [0.3, 0.4) is 0 Å². The molecular formula is C21H30ClN3O. The summed E-state index contributed by atoms with van der Waals surface area (Å²) in [6.07, 6.45) is 7.52. The van der Waals surface area contributed by atoms with Gasteiger partial charge in [0.15, 0.2) is 0 Å². The molecule has 1 atom stereocenters. The van der Waals surface area contributed by atoms with Crippen LogP contribution in [-0.4, -0.2) is 47.0 Å². The van der Waals surface area contributed by atoms with Crippen molar-refractivity contribution in [1.82, 2.24) is 15.0 Å². The summed E-state index contributed by atoms with van der Waals surface area (Å²) < 4.78 is 0. The Morgan fingerprint density at radius 2 is 1.88 bits per heavy atom. The minimum absolute atomic E-state index is 0. The lowest BCUT2D eigenvalue weighted by molar-refractivity contribution is -0.129. The molecule has 2 fully saturated rings. The fraction of sp³-hybridized carbons (Fsp3) is 0.571. The summed E-state index contributed by atoms with van der Waals surface area (Å²) >= 11 is 0. The fourth-order valence-electron chi connectivity index (χ4n) is 4.66. The first-order chi connectivity index (χ1) is 12.3. The van der Waals surface area contributed by atoms with Gasteiger partial charge in [0.25, 0.3) is 0 Å². The zero-order chi connectivity index (χ0) is 17.2. The van der Waals surface area contributed by atoms with Crippen molar-refractivity contribution in [2.75, 3.05) is 26.2 Å². The molecule has 1 unspecified atom stereocenters. The Hall–Kier alpha value is -1.36. The summed E-state index contributed by atoms with van der Waals surface area (Å²) in [4.78, 5) is 15.5. The van der Waals surface area contributed by atoms with E-state index in [9.17, 15) is 4.79 Å². The van der Waals surface area contributed by atoms with Gasteiger partial charge in [0, 0.05) is 55.6 Å². The molecule has 142 valence electrons. The molecule has 2 aliphatic rings. The van der Waals surface area contributed by atoms with E-state index in [0.29, 0.717) is 18.1 Å². The number of aromatic amines is 1. The number of ketones is 1. The number of aromatic nitrogens is 1. The Morgan fingerprint density at radius 3 is 2.65 bits per heavy atom. The standard InChI is InChI=1S/C21H29N3O.ClH/c1-2-21(25)17-6-5-11-24(15-17)23-12-9-16(10-13-23)19-14-22-20-8-4-3-7-18(19)20;/h3-4,7-8,14,16-17,22H,2,5-6,9-13,15H2,1H3;1H. The molecule has 1 N–H and O–H groups in total. The fourth-order valence-corrected chi connectivity index (χ4v) is 4.66. The van der Waals surface area contributed by atoms with Crippen molar-refractivity contribution in [2.24, 2.45) is 5.92 Å². The molecule has 0 aliphatic carbocycles. The molecule has 0 radical (unpaired) electrons. The first kappa shape index (κ1) is 19.4. The molecule has 26 heavy (non-hydrogen) atoms. The Kier molecular flexibility index (Phi) is 6.38. The highest BCUT2D eigenvalue weighted by molar-refractivity contribution is 5.85. The number of nitrogens with one attached hydrogen (secondary N) is 1. The number of Topliss-reactive ketones (excluding diaryl/α,β-unsaturated/α-hetero) is 1. The van der Waals surface area contributed by atoms with Gasteiger partial charge in [-0.15, -0.1) is 12.4 Å². The van der Waals surface area contributed by atoms with E-state index < -0.39 is 0 Å². The van der Waals surface area contributed by atoms with Crippen molar-refractivity contribution >= 4 is 29.1 Å². The van der Waals surface area contributed by atoms with Crippen LogP contribution in [0.5, 0.6) is 0 Å². The maximum atomic E-state index is 12.1. The third kappa shape index (κ3) is 3.83. The normalized spacial score (nSPS) is 23.0. The third-order valence-electron chi connectivity index (χ3n) is 6.14. The van der Waals surface area contributed by atoms with Crippen LogP contribution in [0.25, 0.3) is 10.9 Å². The van der Waals surface area contributed by atoms with Crippen LogP contribution in [-0.2, 0) is 4.79 Å². The number of nitrogens with zero attached hydrogens (tertiary/aromatic N) is 2. The monoisotopic (exact) mass is 375 g/mol. The number of carbonyl (C=O) groups excluding carboxylic acids is 1. The SMILES string of the molecule is CCC(=O)C1CCCN(N2CCC(c3c[nH]c4ccccc34)CC2)C1.Cl. The van der Waals surface area contributed by atoms with Gasteiger partial charge in [-0.05, 0) is 43.2 Å². The Morgan fingerprint density at radius 1 is 1.12 bits per heavy atom. The molecule has 2 aliphatic heterocycles. The highest BCUT2D eigenvalue weighted by atomic mass is 35.5. The number of para-hydroxylation sites is 1. The van der Waals surface area contributed by atoms with Crippen LogP contribution < -0.4 is 0 Å². The van der Waals surface area contributed by atoms with Gasteiger partial charge < -0.3 is 4.98 Å². The Labute approximate surface area is 162 Å². The van der Waals surface area contributed by atoms with Crippen molar-refractivity contribution in [3.63, 3.8) is 0 Å². The quantitative estimate of drug-likeness (QED) is 0.862. The lowest BCUT2D eigenvalue weighted by atomic mass is 9.89. The van der Waals surface area contributed by atoms with Gasteiger partial charge in [0.05, 0.1) is 0 Å². The third-order valence-corrected chi connectivity index (χ3v) is 6.14. The second-order valence-electron chi connectivity index (χ2n) is 7.59. The minimum Gasteiger partial charge on any atom is -0.361 e. The predicted molar refractivity (Wildman–Crippen MR) is 109 cm³/mol. The van der Waals surface area contributed by atoms with E-state index in [0.717, 1.165) is 39.0 Å². The van der Waals surface area contributed by atoms with Crippen molar-refractivity contribution in [3.05, 3.63) is 36.0 Å².